The number of carbonyl (C=O) groups is 2. The van der Waals surface area contributed by atoms with Gasteiger partial charge in [0.2, 0.25) is 5.55 Å². The Morgan fingerprint density at radius 1 is 1.13 bits per heavy atom. The highest BCUT2D eigenvalue weighted by Crippen LogP contribution is 2.34. The van der Waals surface area contributed by atoms with Gasteiger partial charge in [-0.3, -0.25) is 10.2 Å². The monoisotopic (exact) mass is 434 g/mol. The molecule has 31 heavy (non-hydrogen) atoms. The van der Waals surface area contributed by atoms with Crippen LogP contribution in [0.25, 0.3) is 21.7 Å². The predicted molar refractivity (Wildman–Crippen MR) is 122 cm³/mol. The lowest BCUT2D eigenvalue weighted by atomic mass is 10.0. The second-order valence-electron chi connectivity index (χ2n) is 7.06. The third-order valence-electron chi connectivity index (χ3n) is 5.19. The number of thiophene rings is 1. The molecule has 0 bridgehead atoms. The first-order valence-corrected chi connectivity index (χ1v) is 10.9. The van der Waals surface area contributed by atoms with Gasteiger partial charge in [-0.05, 0) is 48.7 Å². The molecule has 4 aromatic rings. The Morgan fingerprint density at radius 3 is 2.65 bits per heavy atom. The highest BCUT2D eigenvalue weighted by Gasteiger charge is 2.24. The van der Waals surface area contributed by atoms with Crippen molar-refractivity contribution in [2.24, 2.45) is 0 Å². The van der Waals surface area contributed by atoms with Crippen molar-refractivity contribution in [1.82, 2.24) is 0 Å². The number of ether oxygens (including phenoxy) is 1. The van der Waals surface area contributed by atoms with Crippen molar-refractivity contribution in [2.75, 3.05) is 11.9 Å². The molecule has 2 aromatic heterocycles. The van der Waals surface area contributed by atoms with Gasteiger partial charge >= 0.3 is 5.97 Å². The Bertz CT molecular complexity index is 1380. The topological polar surface area (TPSA) is 92.4 Å². The van der Waals surface area contributed by atoms with Gasteiger partial charge < -0.3 is 14.5 Å². The second kappa shape index (κ2) is 8.35. The number of aryl methyl sites for hydroxylation is 1. The molecule has 6 nitrogen and oxygen atoms in total. The predicted octanol–water partition coefficient (Wildman–Crippen LogP) is 5.43. The van der Waals surface area contributed by atoms with Crippen molar-refractivity contribution >= 4 is 50.0 Å². The van der Waals surface area contributed by atoms with Gasteiger partial charge in [0, 0.05) is 10.3 Å². The molecule has 0 aliphatic carbocycles. The normalized spacial score (nSPS) is 11.1. The van der Waals surface area contributed by atoms with Crippen LogP contribution in [-0.2, 0) is 11.2 Å². The molecule has 0 aliphatic rings. The summed E-state index contributed by atoms with van der Waals surface area (Å²) in [6.07, 6.45) is 0.646. The SMILES string of the molecule is CCOC(=O)c1c(NC(=O)c2cc3c(ccc4ccccc43)oc2=N)sc(C)c1CC. The fourth-order valence-electron chi connectivity index (χ4n) is 3.74. The third kappa shape index (κ3) is 3.72. The standard InChI is InChI=1S/C24H22N2O4S/c1-4-15-13(3)31-23(20(15)24(28)29-5-2)26-22(27)18-12-17-16-9-7-6-8-14(16)10-11-19(17)30-21(18)25/h6-12,25H,4-5H2,1-3H3,(H,26,27). The molecule has 0 saturated heterocycles. The first-order valence-electron chi connectivity index (χ1n) is 10.1. The molecule has 2 heterocycles. The summed E-state index contributed by atoms with van der Waals surface area (Å²) >= 11 is 1.33. The van der Waals surface area contributed by atoms with E-state index in [0.717, 1.165) is 26.6 Å². The average Bonchev–Trinajstić information content (AvgIpc) is 3.07. The number of hydrogen-bond donors (Lipinski definition) is 2. The number of esters is 1. The van der Waals surface area contributed by atoms with E-state index in [1.807, 2.05) is 44.2 Å². The molecule has 0 saturated carbocycles. The highest BCUT2D eigenvalue weighted by atomic mass is 32.1. The molecule has 0 aliphatic heterocycles. The molecule has 0 unspecified atom stereocenters. The zero-order chi connectivity index (χ0) is 22.1. The summed E-state index contributed by atoms with van der Waals surface area (Å²) in [5.74, 6) is -0.961. The van der Waals surface area contributed by atoms with E-state index in [0.29, 0.717) is 22.6 Å². The summed E-state index contributed by atoms with van der Waals surface area (Å²) < 4.78 is 10.8. The minimum Gasteiger partial charge on any atom is -0.462 e. The van der Waals surface area contributed by atoms with Crippen molar-refractivity contribution in [3.05, 3.63) is 69.6 Å². The number of carbonyl (C=O) groups excluding carboxylic acids is 2. The van der Waals surface area contributed by atoms with E-state index in [2.05, 4.69) is 5.32 Å². The summed E-state index contributed by atoms with van der Waals surface area (Å²) in [4.78, 5) is 26.6. The maximum absolute atomic E-state index is 13.1. The largest absolute Gasteiger partial charge is 0.462 e. The van der Waals surface area contributed by atoms with Gasteiger partial charge in [-0.15, -0.1) is 11.3 Å². The quantitative estimate of drug-likeness (QED) is 0.324. The summed E-state index contributed by atoms with van der Waals surface area (Å²) in [7, 11) is 0. The summed E-state index contributed by atoms with van der Waals surface area (Å²) in [6, 6.07) is 13.2. The van der Waals surface area contributed by atoms with Crippen LogP contribution in [-0.4, -0.2) is 18.5 Å². The lowest BCUT2D eigenvalue weighted by molar-refractivity contribution is 0.0527. The van der Waals surface area contributed by atoms with Crippen LogP contribution in [0.2, 0.25) is 0 Å². The van der Waals surface area contributed by atoms with Gasteiger partial charge in [-0.25, -0.2) is 4.79 Å². The van der Waals surface area contributed by atoms with E-state index < -0.39 is 11.9 Å². The fraction of sp³-hybridized carbons (Fsp3) is 0.208. The van der Waals surface area contributed by atoms with E-state index in [4.69, 9.17) is 14.6 Å². The molecule has 158 valence electrons. The number of anilines is 1. The maximum atomic E-state index is 13.1. The molecule has 1 amide bonds. The Labute approximate surface area is 183 Å². The van der Waals surface area contributed by atoms with Crippen LogP contribution < -0.4 is 10.9 Å². The number of hydrogen-bond acceptors (Lipinski definition) is 6. The maximum Gasteiger partial charge on any atom is 0.341 e. The van der Waals surface area contributed by atoms with Crippen molar-refractivity contribution in [1.29, 1.82) is 5.41 Å². The number of amides is 1. The first kappa shape index (κ1) is 20.8. The van der Waals surface area contributed by atoms with Gasteiger partial charge in [0.15, 0.2) is 0 Å². The van der Waals surface area contributed by atoms with Crippen molar-refractivity contribution in [3.8, 4) is 0 Å². The van der Waals surface area contributed by atoms with Crippen LogP contribution in [0.1, 0.15) is 45.0 Å². The average molecular weight is 435 g/mol. The second-order valence-corrected chi connectivity index (χ2v) is 8.28. The third-order valence-corrected chi connectivity index (χ3v) is 6.25. The number of nitrogens with one attached hydrogen (secondary N) is 2. The van der Waals surface area contributed by atoms with Gasteiger partial charge in [0.1, 0.15) is 16.1 Å². The Morgan fingerprint density at radius 2 is 1.90 bits per heavy atom. The smallest absolute Gasteiger partial charge is 0.341 e. The molecular formula is C24H22N2O4S. The number of fused-ring (bicyclic) bond motifs is 3. The van der Waals surface area contributed by atoms with Gasteiger partial charge in [0.05, 0.1) is 12.2 Å². The van der Waals surface area contributed by atoms with Crippen molar-refractivity contribution in [2.45, 2.75) is 27.2 Å². The Balaban J connectivity index is 1.79. The summed E-state index contributed by atoms with van der Waals surface area (Å²) in [5.41, 5.74) is 1.64. The van der Waals surface area contributed by atoms with Crippen LogP contribution >= 0.6 is 11.3 Å². The molecule has 0 radical (unpaired) electrons. The lowest BCUT2D eigenvalue weighted by Crippen LogP contribution is -2.21. The molecular weight excluding hydrogens is 412 g/mol. The first-order chi connectivity index (χ1) is 14.9. The van der Waals surface area contributed by atoms with Crippen LogP contribution in [0.3, 0.4) is 0 Å². The zero-order valence-electron chi connectivity index (χ0n) is 17.5. The van der Waals surface area contributed by atoms with Crippen molar-refractivity contribution < 1.29 is 18.7 Å². The fourth-order valence-corrected chi connectivity index (χ4v) is 4.87. The molecule has 0 atom stereocenters. The number of rotatable bonds is 5. The van der Waals surface area contributed by atoms with E-state index >= 15 is 0 Å². The van der Waals surface area contributed by atoms with E-state index in [-0.39, 0.29) is 17.7 Å². The van der Waals surface area contributed by atoms with E-state index in [9.17, 15) is 9.59 Å². The van der Waals surface area contributed by atoms with Crippen LogP contribution in [0.4, 0.5) is 5.00 Å². The minimum absolute atomic E-state index is 0.0998. The van der Waals surface area contributed by atoms with Crippen LogP contribution in [0.15, 0.2) is 46.9 Å². The van der Waals surface area contributed by atoms with Crippen molar-refractivity contribution in [3.63, 3.8) is 0 Å². The molecule has 0 spiro atoms. The highest BCUT2D eigenvalue weighted by molar-refractivity contribution is 7.16. The summed E-state index contributed by atoms with van der Waals surface area (Å²) in [5, 5.41) is 14.2. The summed E-state index contributed by atoms with van der Waals surface area (Å²) in [6.45, 7) is 5.86. The van der Waals surface area contributed by atoms with Gasteiger partial charge in [-0.1, -0.05) is 37.3 Å². The van der Waals surface area contributed by atoms with Crippen LogP contribution in [0, 0.1) is 12.3 Å². The Hall–Kier alpha value is -3.45. The Kier molecular flexibility index (Phi) is 5.61. The molecule has 0 fully saturated rings. The zero-order valence-corrected chi connectivity index (χ0v) is 18.3. The van der Waals surface area contributed by atoms with E-state index in [1.165, 1.54) is 11.3 Å². The lowest BCUT2D eigenvalue weighted by Gasteiger charge is -2.09. The number of benzene rings is 2. The molecule has 2 N–H and O–H groups in total. The minimum atomic E-state index is -0.502. The van der Waals surface area contributed by atoms with E-state index in [1.54, 1.807) is 19.1 Å². The van der Waals surface area contributed by atoms with Gasteiger partial charge in [0.25, 0.3) is 5.91 Å². The van der Waals surface area contributed by atoms with Gasteiger partial charge in [-0.2, -0.15) is 0 Å². The molecule has 7 heteroatoms. The molecule has 4 rings (SSSR count). The molecule has 2 aromatic carbocycles. The van der Waals surface area contributed by atoms with Crippen LogP contribution in [0.5, 0.6) is 0 Å².